The van der Waals surface area contributed by atoms with Crippen LogP contribution in [0, 0.1) is 0 Å². The van der Waals surface area contributed by atoms with Crippen LogP contribution >= 0.6 is 0 Å². The Balaban J connectivity index is 2.42. The molecule has 0 radical (unpaired) electrons. The molecule has 19 heavy (non-hydrogen) atoms. The number of hydrogen-bond donors (Lipinski definition) is 1. The van der Waals surface area contributed by atoms with Gasteiger partial charge in [-0.25, -0.2) is 4.68 Å². The molecule has 94 valence electrons. The lowest BCUT2D eigenvalue weighted by Crippen LogP contribution is -2.20. The van der Waals surface area contributed by atoms with Crippen molar-refractivity contribution in [1.82, 2.24) is 9.78 Å². The number of nitrogens with two attached hydrogens (primary N) is 1. The Morgan fingerprint density at radius 3 is 2.53 bits per heavy atom. The number of nitrogens with zero attached hydrogens (tertiary/aromatic N) is 2. The van der Waals surface area contributed by atoms with Gasteiger partial charge in [-0.2, -0.15) is 5.10 Å². The minimum atomic E-state index is -0.0942. The smallest absolute Gasteiger partial charge is 0.274 e. The first-order chi connectivity index (χ1) is 9.16. The van der Waals surface area contributed by atoms with Gasteiger partial charge in [0.05, 0.1) is 11.1 Å². The molecular weight excluding hydrogens is 238 g/mol. The van der Waals surface area contributed by atoms with Crippen molar-refractivity contribution in [3.05, 3.63) is 58.9 Å². The number of benzene rings is 2. The van der Waals surface area contributed by atoms with Gasteiger partial charge in [0.25, 0.3) is 5.56 Å². The Morgan fingerprint density at radius 1 is 1.05 bits per heavy atom. The van der Waals surface area contributed by atoms with E-state index in [0.717, 1.165) is 16.6 Å². The van der Waals surface area contributed by atoms with E-state index in [4.69, 9.17) is 5.73 Å². The van der Waals surface area contributed by atoms with E-state index < -0.39 is 0 Å². The average molecular weight is 251 g/mol. The van der Waals surface area contributed by atoms with Crippen molar-refractivity contribution in [2.24, 2.45) is 7.05 Å². The molecule has 0 aliphatic heterocycles. The lowest BCUT2D eigenvalue weighted by atomic mass is 10.0. The fourth-order valence-corrected chi connectivity index (χ4v) is 2.20. The molecule has 0 saturated heterocycles. The molecule has 4 heteroatoms. The largest absolute Gasteiger partial charge is 0.399 e. The summed E-state index contributed by atoms with van der Waals surface area (Å²) in [6, 6.07) is 15.0. The first kappa shape index (κ1) is 11.5. The van der Waals surface area contributed by atoms with Crippen molar-refractivity contribution >= 4 is 16.5 Å². The minimum Gasteiger partial charge on any atom is -0.399 e. The maximum absolute atomic E-state index is 12.1. The minimum absolute atomic E-state index is 0.0942. The van der Waals surface area contributed by atoms with Gasteiger partial charge in [-0.05, 0) is 18.2 Å². The molecule has 0 spiro atoms. The first-order valence-electron chi connectivity index (χ1n) is 5.99. The number of aromatic nitrogens is 2. The maximum atomic E-state index is 12.1. The average Bonchev–Trinajstić information content (AvgIpc) is 2.43. The van der Waals surface area contributed by atoms with E-state index in [-0.39, 0.29) is 5.56 Å². The SMILES string of the molecule is Cn1nc(-c2cccc(N)c2)c2ccccc2c1=O. The zero-order chi connectivity index (χ0) is 13.4. The Hall–Kier alpha value is -2.62. The van der Waals surface area contributed by atoms with E-state index >= 15 is 0 Å². The van der Waals surface area contributed by atoms with Gasteiger partial charge in [0.15, 0.2) is 0 Å². The highest BCUT2D eigenvalue weighted by atomic mass is 16.1. The summed E-state index contributed by atoms with van der Waals surface area (Å²) >= 11 is 0. The van der Waals surface area contributed by atoms with Gasteiger partial charge in [-0.3, -0.25) is 4.79 Å². The molecule has 0 bridgehead atoms. The summed E-state index contributed by atoms with van der Waals surface area (Å²) in [6.45, 7) is 0. The second-order valence-corrected chi connectivity index (χ2v) is 4.45. The number of hydrogen-bond acceptors (Lipinski definition) is 3. The predicted molar refractivity (Wildman–Crippen MR) is 76.8 cm³/mol. The van der Waals surface area contributed by atoms with Gasteiger partial charge >= 0.3 is 0 Å². The quantitative estimate of drug-likeness (QED) is 0.674. The van der Waals surface area contributed by atoms with Crippen molar-refractivity contribution in [1.29, 1.82) is 0 Å². The second-order valence-electron chi connectivity index (χ2n) is 4.45. The van der Waals surface area contributed by atoms with Crippen LogP contribution in [0.5, 0.6) is 0 Å². The van der Waals surface area contributed by atoms with Crippen LogP contribution < -0.4 is 11.3 Å². The molecule has 2 N–H and O–H groups in total. The summed E-state index contributed by atoms with van der Waals surface area (Å²) < 4.78 is 1.36. The maximum Gasteiger partial charge on any atom is 0.274 e. The Morgan fingerprint density at radius 2 is 1.79 bits per heavy atom. The Kier molecular flexibility index (Phi) is 2.56. The summed E-state index contributed by atoms with van der Waals surface area (Å²) in [4.78, 5) is 12.1. The van der Waals surface area contributed by atoms with Crippen LogP contribution in [0.3, 0.4) is 0 Å². The fourth-order valence-electron chi connectivity index (χ4n) is 2.20. The second kappa shape index (κ2) is 4.24. The van der Waals surface area contributed by atoms with Crippen LogP contribution in [0.4, 0.5) is 5.69 Å². The fraction of sp³-hybridized carbons (Fsp3) is 0.0667. The molecule has 0 aliphatic rings. The van der Waals surface area contributed by atoms with Crippen LogP contribution in [0.2, 0.25) is 0 Å². The molecule has 0 unspecified atom stereocenters. The number of aryl methyl sites for hydroxylation is 1. The van der Waals surface area contributed by atoms with Crippen LogP contribution in [0.1, 0.15) is 0 Å². The summed E-state index contributed by atoms with van der Waals surface area (Å²) in [5.41, 5.74) is 8.07. The Bertz CT molecular complexity index is 821. The van der Waals surface area contributed by atoms with Gasteiger partial charge in [0, 0.05) is 23.7 Å². The molecule has 0 saturated carbocycles. The number of fused-ring (bicyclic) bond motifs is 1. The van der Waals surface area contributed by atoms with Crippen LogP contribution in [0.25, 0.3) is 22.0 Å². The lowest BCUT2D eigenvalue weighted by Gasteiger charge is -2.08. The van der Waals surface area contributed by atoms with Gasteiger partial charge in [-0.15, -0.1) is 0 Å². The normalized spacial score (nSPS) is 10.8. The molecule has 0 fully saturated rings. The highest BCUT2D eigenvalue weighted by Gasteiger charge is 2.10. The Labute approximate surface area is 110 Å². The monoisotopic (exact) mass is 251 g/mol. The molecule has 0 amide bonds. The van der Waals surface area contributed by atoms with E-state index in [1.54, 1.807) is 7.05 Å². The van der Waals surface area contributed by atoms with Crippen molar-refractivity contribution < 1.29 is 0 Å². The molecule has 1 heterocycles. The van der Waals surface area contributed by atoms with Crippen molar-refractivity contribution in [2.45, 2.75) is 0 Å². The third kappa shape index (κ3) is 1.87. The first-order valence-corrected chi connectivity index (χ1v) is 5.99. The third-order valence-corrected chi connectivity index (χ3v) is 3.12. The van der Waals surface area contributed by atoms with E-state index in [9.17, 15) is 4.79 Å². The summed E-state index contributed by atoms with van der Waals surface area (Å²) in [5, 5.41) is 5.87. The zero-order valence-corrected chi connectivity index (χ0v) is 10.5. The lowest BCUT2D eigenvalue weighted by molar-refractivity contribution is 0.722. The molecule has 2 aromatic carbocycles. The van der Waals surface area contributed by atoms with Crippen LogP contribution in [-0.2, 0) is 7.05 Å². The van der Waals surface area contributed by atoms with E-state index in [1.165, 1.54) is 4.68 Å². The summed E-state index contributed by atoms with van der Waals surface area (Å²) in [6.07, 6.45) is 0. The van der Waals surface area contributed by atoms with Gasteiger partial charge in [0.1, 0.15) is 0 Å². The third-order valence-electron chi connectivity index (χ3n) is 3.12. The molecule has 4 nitrogen and oxygen atoms in total. The van der Waals surface area contributed by atoms with E-state index in [1.807, 2.05) is 48.5 Å². The van der Waals surface area contributed by atoms with E-state index in [0.29, 0.717) is 11.1 Å². The van der Waals surface area contributed by atoms with Gasteiger partial charge in [-0.1, -0.05) is 30.3 Å². The van der Waals surface area contributed by atoms with Crippen LogP contribution in [-0.4, -0.2) is 9.78 Å². The highest BCUT2D eigenvalue weighted by Crippen LogP contribution is 2.25. The molecule has 0 atom stereocenters. The molecule has 0 aliphatic carbocycles. The zero-order valence-electron chi connectivity index (χ0n) is 10.5. The van der Waals surface area contributed by atoms with Crippen molar-refractivity contribution in [3.8, 4) is 11.3 Å². The van der Waals surface area contributed by atoms with Crippen molar-refractivity contribution in [3.63, 3.8) is 0 Å². The van der Waals surface area contributed by atoms with Crippen LogP contribution in [0.15, 0.2) is 53.3 Å². The topological polar surface area (TPSA) is 60.9 Å². The van der Waals surface area contributed by atoms with Gasteiger partial charge in [0.2, 0.25) is 0 Å². The predicted octanol–water partition coefficient (Wildman–Crippen LogP) is 2.18. The van der Waals surface area contributed by atoms with Gasteiger partial charge < -0.3 is 5.73 Å². The number of nitrogen functional groups attached to an aromatic ring is 1. The number of rotatable bonds is 1. The molecule has 3 rings (SSSR count). The van der Waals surface area contributed by atoms with E-state index in [2.05, 4.69) is 5.10 Å². The highest BCUT2D eigenvalue weighted by molar-refractivity contribution is 5.94. The standard InChI is InChI=1S/C15H13N3O/c1-18-15(19)13-8-3-2-7-12(13)14(17-18)10-5-4-6-11(16)9-10/h2-9H,16H2,1H3. The number of anilines is 1. The molecular formula is C15H13N3O. The summed E-state index contributed by atoms with van der Waals surface area (Å²) in [5.74, 6) is 0. The summed E-state index contributed by atoms with van der Waals surface area (Å²) in [7, 11) is 1.66. The van der Waals surface area contributed by atoms with Crippen molar-refractivity contribution in [2.75, 3.05) is 5.73 Å². The molecule has 3 aromatic rings. The molecule has 1 aromatic heterocycles.